The van der Waals surface area contributed by atoms with Crippen molar-refractivity contribution in [2.75, 3.05) is 45.6 Å². The van der Waals surface area contributed by atoms with Gasteiger partial charge in [0.2, 0.25) is 5.88 Å². The number of rotatable bonds is 6. The van der Waals surface area contributed by atoms with Gasteiger partial charge in [0.15, 0.2) is 23.2 Å². The van der Waals surface area contributed by atoms with E-state index >= 15 is 4.39 Å². The van der Waals surface area contributed by atoms with Gasteiger partial charge in [-0.2, -0.15) is 0 Å². The third-order valence-corrected chi connectivity index (χ3v) is 7.22. The van der Waals surface area contributed by atoms with Gasteiger partial charge < -0.3 is 25.3 Å². The number of anilines is 1. The first-order valence-electron chi connectivity index (χ1n) is 12.5. The molecule has 0 saturated carbocycles. The second kappa shape index (κ2) is 10.1. The molecular formula is C27H31F2N7O2. The molecule has 1 saturated heterocycles. The Morgan fingerprint density at radius 2 is 1.95 bits per heavy atom. The number of allylic oxidation sites excluding steroid dienone is 1. The van der Waals surface area contributed by atoms with Crippen LogP contribution in [0.2, 0.25) is 0 Å². The Balaban J connectivity index is 1.41. The third-order valence-electron chi connectivity index (χ3n) is 7.22. The van der Waals surface area contributed by atoms with E-state index in [1.807, 2.05) is 6.08 Å². The molecule has 1 unspecified atom stereocenters. The Morgan fingerprint density at radius 1 is 1.18 bits per heavy atom. The molecule has 9 nitrogen and oxygen atoms in total. The standard InChI is InChI=1S/C27H31F2N7O2/c1-16-13-18-22(29)20(14-19(28)23(18)33-16)38-26-21(25(37)30-3)24(31-15-32-26)34-17-5-7-27(2,8-6-17)36-11-9-35(4)10-12-36/h5-7,13-15,33H,8-12H2,1-4H3,(H,30,37)(H,31,32,34). The average Bonchev–Trinajstić information content (AvgIpc) is 3.31. The van der Waals surface area contributed by atoms with Crippen LogP contribution in [0.1, 0.15) is 29.4 Å². The molecule has 2 aromatic heterocycles. The van der Waals surface area contributed by atoms with Gasteiger partial charge >= 0.3 is 0 Å². The number of aryl methyl sites for hydroxylation is 1. The van der Waals surface area contributed by atoms with Crippen LogP contribution in [0.5, 0.6) is 11.6 Å². The largest absolute Gasteiger partial charge is 0.435 e. The number of ether oxygens (including phenoxy) is 1. The van der Waals surface area contributed by atoms with E-state index in [0.717, 1.165) is 44.4 Å². The molecular weight excluding hydrogens is 492 g/mol. The van der Waals surface area contributed by atoms with Crippen LogP contribution in [0.25, 0.3) is 10.9 Å². The second-order valence-electron chi connectivity index (χ2n) is 9.96. The number of hydrogen-bond acceptors (Lipinski definition) is 7. The number of halogens is 2. The first-order chi connectivity index (χ1) is 18.2. The average molecular weight is 524 g/mol. The Hall–Kier alpha value is -3.83. The normalized spacial score (nSPS) is 20.4. The van der Waals surface area contributed by atoms with Crippen LogP contribution in [0.4, 0.5) is 14.6 Å². The number of nitrogens with one attached hydrogen (secondary N) is 3. The smallest absolute Gasteiger partial charge is 0.260 e. The first-order valence-corrected chi connectivity index (χ1v) is 12.5. The highest BCUT2D eigenvalue weighted by Crippen LogP contribution is 2.35. The molecule has 200 valence electrons. The molecule has 38 heavy (non-hydrogen) atoms. The lowest BCUT2D eigenvalue weighted by atomic mass is 9.89. The maximum absolute atomic E-state index is 15.2. The van der Waals surface area contributed by atoms with Crippen molar-refractivity contribution in [3.8, 4) is 11.6 Å². The SMILES string of the molecule is CNC(=O)c1c(NC2=CCC(C)(N3CCN(C)CC3)C=C2)ncnc1Oc1cc(F)c2[nH]c(C)cc2c1F. The van der Waals surface area contributed by atoms with Crippen LogP contribution < -0.4 is 15.4 Å². The number of carbonyl (C=O) groups is 1. The lowest BCUT2D eigenvalue weighted by Crippen LogP contribution is -2.54. The van der Waals surface area contributed by atoms with Crippen molar-refractivity contribution in [3.05, 3.63) is 65.3 Å². The molecule has 1 amide bonds. The molecule has 1 aliphatic heterocycles. The number of amides is 1. The minimum Gasteiger partial charge on any atom is -0.435 e. The van der Waals surface area contributed by atoms with Crippen molar-refractivity contribution >= 4 is 22.6 Å². The van der Waals surface area contributed by atoms with E-state index in [4.69, 9.17) is 4.74 Å². The molecule has 1 aromatic carbocycles. The molecule has 11 heteroatoms. The molecule has 0 radical (unpaired) electrons. The summed E-state index contributed by atoms with van der Waals surface area (Å²) < 4.78 is 35.5. The maximum atomic E-state index is 15.2. The van der Waals surface area contributed by atoms with Gasteiger partial charge in [-0.25, -0.2) is 18.7 Å². The number of aromatic amines is 1. The number of carbonyl (C=O) groups excluding carboxylic acids is 1. The van der Waals surface area contributed by atoms with Crippen LogP contribution in [-0.2, 0) is 0 Å². The number of fused-ring (bicyclic) bond motifs is 1. The summed E-state index contributed by atoms with van der Waals surface area (Å²) in [6.45, 7) is 7.95. The summed E-state index contributed by atoms with van der Waals surface area (Å²) in [7, 11) is 3.59. The number of piperazine rings is 1. The van der Waals surface area contributed by atoms with Crippen LogP contribution in [0.15, 0.2) is 42.4 Å². The molecule has 5 rings (SSSR count). The number of nitrogens with zero attached hydrogens (tertiary/aromatic N) is 4. The van der Waals surface area contributed by atoms with Gasteiger partial charge in [0.05, 0.1) is 5.52 Å². The van der Waals surface area contributed by atoms with E-state index in [1.165, 1.54) is 19.4 Å². The quantitative estimate of drug-likeness (QED) is 0.450. The molecule has 1 aliphatic carbocycles. The van der Waals surface area contributed by atoms with Crippen LogP contribution >= 0.6 is 0 Å². The van der Waals surface area contributed by atoms with Crippen molar-refractivity contribution in [1.82, 2.24) is 30.1 Å². The van der Waals surface area contributed by atoms with Gasteiger partial charge in [-0.15, -0.1) is 0 Å². The Kier molecular flexibility index (Phi) is 6.89. The third kappa shape index (κ3) is 4.86. The Labute approximate surface area is 219 Å². The molecule has 1 fully saturated rings. The second-order valence-corrected chi connectivity index (χ2v) is 9.96. The minimum absolute atomic E-state index is 0.0261. The van der Waals surface area contributed by atoms with E-state index in [2.05, 4.69) is 61.5 Å². The lowest BCUT2D eigenvalue weighted by Gasteiger charge is -2.44. The molecule has 0 bridgehead atoms. The zero-order chi connectivity index (χ0) is 27.0. The van der Waals surface area contributed by atoms with E-state index in [0.29, 0.717) is 5.69 Å². The fourth-order valence-electron chi connectivity index (χ4n) is 4.89. The predicted octanol–water partition coefficient (Wildman–Crippen LogP) is 3.96. The minimum atomic E-state index is -0.761. The van der Waals surface area contributed by atoms with Gasteiger partial charge in [0.1, 0.15) is 11.9 Å². The fraction of sp³-hybridized carbons (Fsp3) is 0.370. The molecule has 2 aliphatic rings. The van der Waals surface area contributed by atoms with E-state index < -0.39 is 17.5 Å². The van der Waals surface area contributed by atoms with Crippen molar-refractivity contribution < 1.29 is 18.3 Å². The summed E-state index contributed by atoms with van der Waals surface area (Å²) in [5.74, 6) is -2.38. The monoisotopic (exact) mass is 523 g/mol. The first kappa shape index (κ1) is 25.8. The highest BCUT2D eigenvalue weighted by atomic mass is 19.1. The topological polar surface area (TPSA) is 98.4 Å². The summed E-state index contributed by atoms with van der Waals surface area (Å²) in [5, 5.41) is 5.77. The Morgan fingerprint density at radius 3 is 2.63 bits per heavy atom. The van der Waals surface area contributed by atoms with Crippen LogP contribution in [-0.4, -0.2) is 76.5 Å². The van der Waals surface area contributed by atoms with Crippen molar-refractivity contribution in [1.29, 1.82) is 0 Å². The highest BCUT2D eigenvalue weighted by molar-refractivity contribution is 6.01. The number of likely N-dealkylation sites (N-methyl/N-ethyl adjacent to an activating group) is 1. The van der Waals surface area contributed by atoms with Crippen molar-refractivity contribution in [2.24, 2.45) is 0 Å². The van der Waals surface area contributed by atoms with E-state index in [1.54, 1.807) is 6.92 Å². The molecule has 3 N–H and O–H groups in total. The van der Waals surface area contributed by atoms with Crippen LogP contribution in [0, 0.1) is 18.6 Å². The summed E-state index contributed by atoms with van der Waals surface area (Å²) in [5.41, 5.74) is 1.28. The molecule has 0 spiro atoms. The summed E-state index contributed by atoms with van der Waals surface area (Å²) in [6.07, 6.45) is 8.17. The Bertz CT molecular complexity index is 1440. The number of benzene rings is 1. The van der Waals surface area contributed by atoms with Gasteiger partial charge in [0.25, 0.3) is 5.91 Å². The van der Waals surface area contributed by atoms with Crippen molar-refractivity contribution in [3.63, 3.8) is 0 Å². The molecule has 3 heterocycles. The van der Waals surface area contributed by atoms with Gasteiger partial charge in [-0.1, -0.05) is 12.2 Å². The molecule has 3 aromatic rings. The number of H-pyrrole nitrogens is 1. The fourth-order valence-corrected chi connectivity index (χ4v) is 4.89. The zero-order valence-electron chi connectivity index (χ0n) is 21.9. The maximum Gasteiger partial charge on any atom is 0.260 e. The predicted molar refractivity (Wildman–Crippen MR) is 141 cm³/mol. The van der Waals surface area contributed by atoms with Crippen LogP contribution in [0.3, 0.4) is 0 Å². The van der Waals surface area contributed by atoms with Gasteiger partial charge in [-0.3, -0.25) is 9.69 Å². The van der Waals surface area contributed by atoms with E-state index in [-0.39, 0.29) is 39.5 Å². The number of aromatic nitrogens is 3. The summed E-state index contributed by atoms with van der Waals surface area (Å²) >= 11 is 0. The lowest BCUT2D eigenvalue weighted by molar-refractivity contribution is 0.0801. The number of hydrogen-bond donors (Lipinski definition) is 3. The van der Waals surface area contributed by atoms with Crippen molar-refractivity contribution in [2.45, 2.75) is 25.8 Å². The highest BCUT2D eigenvalue weighted by Gasteiger charge is 2.32. The molecule has 1 atom stereocenters. The zero-order valence-corrected chi connectivity index (χ0v) is 21.9. The summed E-state index contributed by atoms with van der Waals surface area (Å²) in [4.78, 5) is 28.8. The summed E-state index contributed by atoms with van der Waals surface area (Å²) in [6, 6.07) is 2.42. The van der Waals surface area contributed by atoms with Gasteiger partial charge in [0, 0.05) is 61.6 Å². The van der Waals surface area contributed by atoms with Gasteiger partial charge in [-0.05, 0) is 39.5 Å². The van der Waals surface area contributed by atoms with E-state index in [9.17, 15) is 9.18 Å².